The molecule has 8 nitrogen and oxygen atoms in total. The summed E-state index contributed by atoms with van der Waals surface area (Å²) in [7, 11) is 5.52. The number of hydrogen-bond donors (Lipinski definition) is 2. The highest BCUT2D eigenvalue weighted by molar-refractivity contribution is 6.58. The summed E-state index contributed by atoms with van der Waals surface area (Å²) in [6, 6.07) is 4.36. The molecule has 0 unspecified atom stereocenters. The van der Waals surface area contributed by atoms with Crippen molar-refractivity contribution in [1.82, 2.24) is 10.3 Å². The lowest BCUT2D eigenvalue weighted by Gasteiger charge is -2.25. The summed E-state index contributed by atoms with van der Waals surface area (Å²) in [4.78, 5) is 28.5. The number of carbonyl (C=O) groups is 2. The number of aromatic nitrogens is 1. The van der Waals surface area contributed by atoms with E-state index in [4.69, 9.17) is 9.47 Å². The van der Waals surface area contributed by atoms with Gasteiger partial charge in [0.2, 0.25) is 5.82 Å². The molecule has 0 bridgehead atoms. The van der Waals surface area contributed by atoms with E-state index in [9.17, 15) is 35.9 Å². The van der Waals surface area contributed by atoms with Crippen LogP contribution in [0.5, 0.6) is 23.0 Å². The fourth-order valence-electron chi connectivity index (χ4n) is 3.32. The first-order chi connectivity index (χ1) is 19.3. The van der Waals surface area contributed by atoms with Crippen LogP contribution in [0.25, 0.3) is 0 Å². The van der Waals surface area contributed by atoms with Gasteiger partial charge in [-0.2, -0.15) is 17.6 Å². The minimum absolute atomic E-state index is 0.0730. The maximum atomic E-state index is 15.2. The van der Waals surface area contributed by atoms with Crippen molar-refractivity contribution in [3.8, 4) is 23.0 Å². The standard InChI is InChI=1S/C23H18B3F8N3O5/c1-35-19(38)11-4-2-9(8-36-11)37-20(39)15-12(5-3-10(16(15)27)21(29,30)31)40-14-7-6-13(41-23(32,33)34)17(28)18(14)42-22(24,25)26/h2-8H,24-26H2,1H3,(H,35,38)(H,37,39). The number of rotatable bonds is 8. The van der Waals surface area contributed by atoms with Crippen LogP contribution >= 0.6 is 0 Å². The van der Waals surface area contributed by atoms with Crippen LogP contribution < -0.4 is 24.8 Å². The van der Waals surface area contributed by atoms with E-state index < -0.39 is 75.4 Å². The summed E-state index contributed by atoms with van der Waals surface area (Å²) in [6.45, 7) is 0. The molecule has 0 radical (unpaired) electrons. The highest BCUT2D eigenvalue weighted by Gasteiger charge is 2.38. The normalized spacial score (nSPS) is 11.9. The van der Waals surface area contributed by atoms with Crippen molar-refractivity contribution in [2.45, 2.75) is 17.8 Å². The molecular formula is C23H18B3F8N3O5. The Morgan fingerprint density at radius 2 is 1.43 bits per heavy atom. The van der Waals surface area contributed by atoms with Gasteiger partial charge < -0.3 is 24.8 Å². The molecule has 0 aliphatic heterocycles. The Morgan fingerprint density at radius 3 is 1.95 bits per heavy atom. The van der Waals surface area contributed by atoms with Crippen LogP contribution in [0, 0.1) is 11.6 Å². The van der Waals surface area contributed by atoms with Crippen LogP contribution in [0.4, 0.5) is 40.8 Å². The molecule has 3 rings (SSSR count). The Bertz CT molecular complexity index is 1500. The van der Waals surface area contributed by atoms with Crippen LogP contribution in [0.15, 0.2) is 42.6 Å². The van der Waals surface area contributed by atoms with Crippen LogP contribution in [0.1, 0.15) is 26.4 Å². The number of pyridine rings is 1. The largest absolute Gasteiger partial charge is 0.573 e. The van der Waals surface area contributed by atoms with Crippen molar-refractivity contribution < 1.29 is 58.9 Å². The first kappa shape index (κ1) is 32.1. The number of ether oxygens (including phenoxy) is 3. The molecule has 0 aliphatic rings. The van der Waals surface area contributed by atoms with E-state index in [1.54, 1.807) is 0 Å². The van der Waals surface area contributed by atoms with Gasteiger partial charge in [-0.1, -0.05) is 0 Å². The minimum Gasteiger partial charge on any atom is -0.508 e. The van der Waals surface area contributed by atoms with E-state index >= 15 is 8.78 Å². The number of nitrogens with one attached hydrogen (secondary N) is 2. The van der Waals surface area contributed by atoms with Crippen molar-refractivity contribution >= 4 is 41.0 Å². The maximum Gasteiger partial charge on any atom is 0.573 e. The maximum absolute atomic E-state index is 15.2. The van der Waals surface area contributed by atoms with Gasteiger partial charge in [0, 0.05) is 12.3 Å². The molecule has 2 N–H and O–H groups in total. The van der Waals surface area contributed by atoms with Gasteiger partial charge in [-0.3, -0.25) is 9.59 Å². The van der Waals surface area contributed by atoms with Gasteiger partial charge in [-0.05, 0) is 36.4 Å². The van der Waals surface area contributed by atoms with Crippen LogP contribution in [0.3, 0.4) is 0 Å². The van der Waals surface area contributed by atoms with Crippen molar-refractivity contribution in [1.29, 1.82) is 0 Å². The van der Waals surface area contributed by atoms with Crippen LogP contribution in [0.2, 0.25) is 0 Å². The monoisotopic (exact) mass is 601 g/mol. The quantitative estimate of drug-likeness (QED) is 0.305. The zero-order valence-corrected chi connectivity index (χ0v) is 22.1. The summed E-state index contributed by atoms with van der Waals surface area (Å²) >= 11 is 0. The number of nitrogens with zero attached hydrogens (tertiary/aromatic N) is 1. The predicted molar refractivity (Wildman–Crippen MR) is 139 cm³/mol. The Balaban J connectivity index is 2.12. The van der Waals surface area contributed by atoms with E-state index in [0.29, 0.717) is 12.1 Å². The van der Waals surface area contributed by atoms with Gasteiger partial charge in [0.25, 0.3) is 11.8 Å². The minimum atomic E-state index is -5.29. The molecule has 2 aromatic carbocycles. The summed E-state index contributed by atoms with van der Waals surface area (Å²) in [6.07, 6.45) is -9.58. The summed E-state index contributed by atoms with van der Waals surface area (Å²) in [5.41, 5.74) is -3.37. The van der Waals surface area contributed by atoms with Crippen molar-refractivity contribution in [2.24, 2.45) is 0 Å². The third kappa shape index (κ3) is 7.85. The number of amides is 2. The fraction of sp³-hybridized carbons (Fsp3) is 0.174. The third-order valence-electron chi connectivity index (χ3n) is 5.00. The average molecular weight is 601 g/mol. The summed E-state index contributed by atoms with van der Waals surface area (Å²) in [5, 5.41) is 3.16. The molecular weight excluding hydrogens is 583 g/mol. The number of hydrogen-bond acceptors (Lipinski definition) is 6. The van der Waals surface area contributed by atoms with E-state index in [1.807, 2.05) is 0 Å². The molecule has 0 atom stereocenters. The van der Waals surface area contributed by atoms with Gasteiger partial charge >= 0.3 is 12.5 Å². The van der Waals surface area contributed by atoms with Gasteiger partial charge in [0.1, 0.15) is 40.5 Å². The molecule has 220 valence electrons. The lowest BCUT2D eigenvalue weighted by molar-refractivity contribution is -0.275. The Hall–Kier alpha value is -4.44. The number of benzene rings is 2. The molecule has 42 heavy (non-hydrogen) atoms. The van der Waals surface area contributed by atoms with E-state index in [1.165, 1.54) is 30.6 Å². The van der Waals surface area contributed by atoms with E-state index in [2.05, 4.69) is 20.4 Å². The van der Waals surface area contributed by atoms with Crippen molar-refractivity contribution in [3.05, 3.63) is 71.1 Å². The van der Waals surface area contributed by atoms with Crippen LogP contribution in [-0.4, -0.2) is 59.0 Å². The number of alkyl halides is 6. The SMILES string of the molecule is BC(B)(B)Oc1c(Oc2ccc(C(F)(F)F)c(F)c2C(=O)Nc2ccc(C(=O)NC)nc2)ccc(OC(F)(F)F)c1F. The van der Waals surface area contributed by atoms with Gasteiger partial charge in [0.05, 0.1) is 17.4 Å². The third-order valence-corrected chi connectivity index (χ3v) is 5.00. The molecule has 19 heteroatoms. The molecule has 1 aromatic heterocycles. The number of carbonyl (C=O) groups excluding carboxylic acids is 2. The second kappa shape index (κ2) is 11.8. The fourth-order valence-corrected chi connectivity index (χ4v) is 3.32. The Kier molecular flexibility index (Phi) is 9.03. The first-order valence-electron chi connectivity index (χ1n) is 11.6. The summed E-state index contributed by atoms with van der Waals surface area (Å²) in [5.74, 6) is -9.71. The molecule has 0 aliphatic carbocycles. The molecule has 0 saturated carbocycles. The molecule has 0 spiro atoms. The number of anilines is 1. The van der Waals surface area contributed by atoms with E-state index in [0.717, 1.165) is 24.4 Å². The Labute approximate surface area is 234 Å². The lowest BCUT2D eigenvalue weighted by Crippen LogP contribution is -2.38. The van der Waals surface area contributed by atoms with Gasteiger partial charge in [0.15, 0.2) is 23.1 Å². The Morgan fingerprint density at radius 1 is 0.810 bits per heavy atom. The van der Waals surface area contributed by atoms with Crippen LogP contribution in [-0.2, 0) is 6.18 Å². The van der Waals surface area contributed by atoms with Crippen molar-refractivity contribution in [2.75, 3.05) is 12.4 Å². The molecule has 3 aromatic rings. The first-order valence-corrected chi connectivity index (χ1v) is 11.6. The smallest absolute Gasteiger partial charge is 0.508 e. The molecule has 1 heterocycles. The highest BCUT2D eigenvalue weighted by atomic mass is 19.4. The topological polar surface area (TPSA) is 98.8 Å². The van der Waals surface area contributed by atoms with Crippen molar-refractivity contribution in [3.63, 3.8) is 0 Å². The molecule has 0 fully saturated rings. The van der Waals surface area contributed by atoms with E-state index in [-0.39, 0.29) is 17.4 Å². The average Bonchev–Trinajstić information content (AvgIpc) is 2.85. The number of halogens is 8. The predicted octanol–water partition coefficient (Wildman–Crippen LogP) is 2.57. The lowest BCUT2D eigenvalue weighted by atomic mass is 9.52. The van der Waals surface area contributed by atoms with Gasteiger partial charge in [-0.15, -0.1) is 13.2 Å². The molecule has 2 amide bonds. The summed E-state index contributed by atoms with van der Waals surface area (Å²) < 4.78 is 123. The second-order valence-corrected chi connectivity index (χ2v) is 9.33. The zero-order chi connectivity index (χ0) is 31.6. The second-order valence-electron chi connectivity index (χ2n) is 9.33. The molecule has 0 saturated heterocycles. The highest BCUT2D eigenvalue weighted by Crippen LogP contribution is 2.43. The van der Waals surface area contributed by atoms with Gasteiger partial charge in [-0.25, -0.2) is 9.37 Å². The zero-order valence-electron chi connectivity index (χ0n) is 22.1.